The van der Waals surface area contributed by atoms with E-state index in [0.29, 0.717) is 11.3 Å². The second-order valence-corrected chi connectivity index (χ2v) is 9.95. The van der Waals surface area contributed by atoms with E-state index in [1.54, 1.807) is 18.2 Å². The SMILES string of the molecule is [B]C1([B])C(=O)NC(=O)[C@@]([B])(N2Cc3c(OCc4ccc(CN5CCOCC5)cc4)cccc3C2=O)C1([B])[B]. The third kappa shape index (κ3) is 4.20. The molecule has 0 spiro atoms. The molecule has 1 N–H and O–H groups in total. The van der Waals surface area contributed by atoms with Crippen molar-refractivity contribution in [3.63, 3.8) is 0 Å². The number of carbonyl (C=O) groups excluding carboxylic acids is 3. The number of hydrogen-bond donors (Lipinski definition) is 1. The molecule has 2 saturated heterocycles. The zero-order valence-electron chi connectivity index (χ0n) is 20.8. The van der Waals surface area contributed by atoms with Crippen LogP contribution in [0, 0.1) is 0 Å². The minimum absolute atomic E-state index is 0.160. The average molecular weight is 499 g/mol. The quantitative estimate of drug-likeness (QED) is 0.426. The highest BCUT2D eigenvalue weighted by molar-refractivity contribution is 6.66. The van der Waals surface area contributed by atoms with Crippen molar-refractivity contribution in [2.24, 2.45) is 0 Å². The van der Waals surface area contributed by atoms with E-state index in [4.69, 9.17) is 48.7 Å². The lowest BCUT2D eigenvalue weighted by molar-refractivity contribution is -0.140. The van der Waals surface area contributed by atoms with Crippen molar-refractivity contribution in [2.75, 3.05) is 26.3 Å². The summed E-state index contributed by atoms with van der Waals surface area (Å²) in [6, 6.07) is 13.1. The number of carbonyl (C=O) groups is 3. The van der Waals surface area contributed by atoms with E-state index in [1.165, 1.54) is 5.56 Å². The molecular formula is C25H22B5N3O5. The zero-order valence-corrected chi connectivity index (χ0v) is 20.8. The van der Waals surface area contributed by atoms with Gasteiger partial charge < -0.3 is 14.4 Å². The van der Waals surface area contributed by atoms with Crippen LogP contribution in [0.5, 0.6) is 5.75 Å². The molecular weight excluding hydrogens is 476 g/mol. The number of fused-ring (bicyclic) bond motifs is 1. The molecule has 38 heavy (non-hydrogen) atoms. The van der Waals surface area contributed by atoms with E-state index >= 15 is 0 Å². The molecule has 3 amide bonds. The Morgan fingerprint density at radius 1 is 0.895 bits per heavy atom. The smallest absolute Gasteiger partial charge is 0.254 e. The van der Waals surface area contributed by atoms with Crippen LogP contribution < -0.4 is 10.1 Å². The van der Waals surface area contributed by atoms with Gasteiger partial charge in [0.15, 0.2) is 0 Å². The van der Waals surface area contributed by atoms with Crippen LogP contribution in [0.2, 0.25) is 10.4 Å². The summed E-state index contributed by atoms with van der Waals surface area (Å²) in [7, 11) is 30.4. The number of benzene rings is 2. The first-order valence-electron chi connectivity index (χ1n) is 12.2. The van der Waals surface area contributed by atoms with Crippen molar-refractivity contribution >= 4 is 57.0 Å². The Bertz CT molecular complexity index is 1280. The summed E-state index contributed by atoms with van der Waals surface area (Å²) in [5.41, 5.74) is 0.459. The lowest BCUT2D eigenvalue weighted by Gasteiger charge is -2.60. The van der Waals surface area contributed by atoms with E-state index in [9.17, 15) is 14.4 Å². The molecule has 0 bridgehead atoms. The van der Waals surface area contributed by atoms with Gasteiger partial charge in [0.25, 0.3) is 5.91 Å². The summed E-state index contributed by atoms with van der Waals surface area (Å²) in [4.78, 5) is 41.8. The molecule has 0 aromatic heterocycles. The molecule has 0 unspecified atom stereocenters. The Balaban J connectivity index is 1.32. The van der Waals surface area contributed by atoms with Crippen LogP contribution in [-0.2, 0) is 34.0 Å². The maximum Gasteiger partial charge on any atom is 0.254 e. The summed E-state index contributed by atoms with van der Waals surface area (Å²) in [5.74, 6) is -2.38. The Morgan fingerprint density at radius 3 is 2.24 bits per heavy atom. The lowest BCUT2D eigenvalue weighted by atomic mass is 9.21. The molecule has 13 heteroatoms. The van der Waals surface area contributed by atoms with E-state index in [0.717, 1.165) is 43.3 Å². The topological polar surface area (TPSA) is 88.2 Å². The molecule has 8 nitrogen and oxygen atoms in total. The molecule has 1 atom stereocenters. The number of rotatable bonds is 6. The van der Waals surface area contributed by atoms with E-state index in [-0.39, 0.29) is 18.7 Å². The third-order valence-electron chi connectivity index (χ3n) is 7.54. The normalized spacial score (nSPS) is 24.6. The molecule has 5 rings (SSSR count). The van der Waals surface area contributed by atoms with Gasteiger partial charge in [-0.2, -0.15) is 0 Å². The fourth-order valence-electron chi connectivity index (χ4n) is 4.98. The summed E-state index contributed by atoms with van der Waals surface area (Å²) in [5, 5.41) is -2.93. The van der Waals surface area contributed by atoms with Crippen LogP contribution >= 0.6 is 0 Å². The Hall–Kier alpha value is -2.91. The number of ether oxygens (including phenoxy) is 2. The van der Waals surface area contributed by atoms with Crippen molar-refractivity contribution in [3.8, 4) is 5.75 Å². The highest BCUT2D eigenvalue weighted by Gasteiger charge is 2.63. The average Bonchev–Trinajstić information content (AvgIpc) is 3.24. The van der Waals surface area contributed by atoms with Gasteiger partial charge in [0.2, 0.25) is 11.8 Å². The molecule has 3 aliphatic rings. The summed E-state index contributed by atoms with van der Waals surface area (Å²) in [6.45, 7) is 4.26. The standard InChI is InChI=1S/C25H22B5N3O5/c26-23(27)21(35)31-22(36)24(28,25(23,29)30)33-13-18-17(20(33)34)2-1-3-19(18)38-14-16-6-4-15(5-7-16)12-32-8-10-37-11-9-32/h1-7H,8-14H2,(H,31,35,36)/t24-/m1/s1. The highest BCUT2D eigenvalue weighted by Crippen LogP contribution is 2.55. The van der Waals surface area contributed by atoms with Gasteiger partial charge in [0.1, 0.15) is 20.2 Å². The first-order valence-corrected chi connectivity index (χ1v) is 12.2. The molecule has 0 aliphatic carbocycles. The maximum absolute atomic E-state index is 13.4. The summed E-state index contributed by atoms with van der Waals surface area (Å²) >= 11 is 0. The fourth-order valence-corrected chi connectivity index (χ4v) is 4.98. The van der Waals surface area contributed by atoms with Gasteiger partial charge in [-0.25, -0.2) is 0 Å². The fraction of sp³-hybridized carbons (Fsp3) is 0.400. The molecule has 0 saturated carbocycles. The predicted octanol–water partition coefficient (Wildman–Crippen LogP) is -0.519. The second kappa shape index (κ2) is 9.68. The first kappa shape index (κ1) is 26.7. The number of amides is 3. The highest BCUT2D eigenvalue weighted by atomic mass is 16.5. The van der Waals surface area contributed by atoms with Gasteiger partial charge in [-0.3, -0.25) is 24.6 Å². The van der Waals surface area contributed by atoms with Crippen molar-refractivity contribution in [1.82, 2.24) is 15.1 Å². The number of morpholine rings is 1. The van der Waals surface area contributed by atoms with Crippen molar-refractivity contribution in [1.29, 1.82) is 0 Å². The van der Waals surface area contributed by atoms with Gasteiger partial charge in [-0.1, -0.05) is 35.5 Å². The number of hydrogen-bond acceptors (Lipinski definition) is 6. The van der Waals surface area contributed by atoms with Crippen molar-refractivity contribution < 1.29 is 23.9 Å². The van der Waals surface area contributed by atoms with Crippen molar-refractivity contribution in [2.45, 2.75) is 35.6 Å². The number of nitrogens with zero attached hydrogens (tertiary/aromatic N) is 2. The van der Waals surface area contributed by atoms with Gasteiger partial charge in [0.05, 0.1) is 56.6 Å². The van der Waals surface area contributed by atoms with Gasteiger partial charge >= 0.3 is 0 Å². The molecule has 182 valence electrons. The number of nitrogens with one attached hydrogen (secondary N) is 1. The Kier molecular flexibility index (Phi) is 6.80. The molecule has 2 aromatic carbocycles. The van der Waals surface area contributed by atoms with Crippen LogP contribution in [0.3, 0.4) is 0 Å². The second-order valence-electron chi connectivity index (χ2n) is 9.95. The van der Waals surface area contributed by atoms with Crippen LogP contribution in [-0.4, -0.2) is 98.5 Å². The third-order valence-corrected chi connectivity index (χ3v) is 7.54. The number of piperidine rings is 1. The van der Waals surface area contributed by atoms with E-state index in [1.807, 2.05) is 17.4 Å². The zero-order chi connectivity index (χ0) is 27.3. The van der Waals surface area contributed by atoms with Crippen LogP contribution in [0.4, 0.5) is 0 Å². The number of imide groups is 1. The van der Waals surface area contributed by atoms with Crippen LogP contribution in [0.15, 0.2) is 42.5 Å². The van der Waals surface area contributed by atoms with E-state index in [2.05, 4.69) is 17.0 Å². The van der Waals surface area contributed by atoms with Crippen molar-refractivity contribution in [3.05, 3.63) is 64.7 Å². The van der Waals surface area contributed by atoms with Gasteiger partial charge in [-0.15, -0.1) is 0 Å². The Labute approximate surface area is 228 Å². The predicted molar refractivity (Wildman–Crippen MR) is 143 cm³/mol. The largest absolute Gasteiger partial charge is 0.489 e. The molecule has 10 radical (unpaired) electrons. The molecule has 2 aromatic rings. The summed E-state index contributed by atoms with van der Waals surface area (Å²) < 4.78 is 11.5. The van der Waals surface area contributed by atoms with Crippen LogP contribution in [0.1, 0.15) is 27.0 Å². The molecule has 3 heterocycles. The molecule has 2 fully saturated rings. The van der Waals surface area contributed by atoms with Crippen LogP contribution in [0.25, 0.3) is 0 Å². The lowest BCUT2D eigenvalue weighted by Crippen LogP contribution is -2.75. The van der Waals surface area contributed by atoms with Gasteiger partial charge in [-0.05, 0) is 28.5 Å². The monoisotopic (exact) mass is 499 g/mol. The molecule has 3 aliphatic heterocycles. The van der Waals surface area contributed by atoms with Gasteiger partial charge in [0, 0.05) is 30.8 Å². The minimum atomic E-state index is -2.49. The summed E-state index contributed by atoms with van der Waals surface area (Å²) in [6.07, 6.45) is 0. The van der Waals surface area contributed by atoms with E-state index < -0.39 is 33.6 Å². The maximum atomic E-state index is 13.4. The Morgan fingerprint density at radius 2 is 1.55 bits per heavy atom. The minimum Gasteiger partial charge on any atom is -0.489 e. The first-order chi connectivity index (χ1) is 18.0.